The molecular weight excluding hydrogens is 418 g/mol. The van der Waals surface area contributed by atoms with Crippen molar-refractivity contribution in [2.45, 2.75) is 38.3 Å². The lowest BCUT2D eigenvalue weighted by Gasteiger charge is -2.33. The van der Waals surface area contributed by atoms with Crippen molar-refractivity contribution in [1.82, 2.24) is 15.5 Å². The first-order valence-corrected chi connectivity index (χ1v) is 10.4. The number of hydrogen-bond donors (Lipinski definition) is 3. The molecule has 1 aliphatic heterocycles. The van der Waals surface area contributed by atoms with Gasteiger partial charge in [0.05, 0.1) is 0 Å². The third-order valence-electron chi connectivity index (χ3n) is 5.25. The number of amides is 4. The van der Waals surface area contributed by atoms with Crippen LogP contribution >= 0.6 is 0 Å². The predicted molar refractivity (Wildman–Crippen MR) is 116 cm³/mol. The molecule has 2 aromatic carbocycles. The molecule has 3 rings (SSSR count). The summed E-state index contributed by atoms with van der Waals surface area (Å²) in [5.41, 5.74) is 1.11. The molecule has 4 amide bonds. The second kappa shape index (κ2) is 10.7. The largest absolute Gasteiger partial charge is 0.351 e. The van der Waals surface area contributed by atoms with Gasteiger partial charge in [-0.1, -0.05) is 18.2 Å². The molecule has 0 unspecified atom stereocenters. The van der Waals surface area contributed by atoms with Crippen molar-refractivity contribution in [3.8, 4) is 0 Å². The summed E-state index contributed by atoms with van der Waals surface area (Å²) < 4.78 is 26.4. The van der Waals surface area contributed by atoms with Gasteiger partial charge in [-0.15, -0.1) is 0 Å². The lowest BCUT2D eigenvalue weighted by molar-refractivity contribution is -0.128. The highest BCUT2D eigenvalue weighted by Gasteiger charge is 2.27. The van der Waals surface area contributed by atoms with Crippen LogP contribution in [0.15, 0.2) is 48.5 Å². The Morgan fingerprint density at radius 1 is 1.03 bits per heavy atom. The fourth-order valence-electron chi connectivity index (χ4n) is 3.61. The zero-order valence-corrected chi connectivity index (χ0v) is 17.7. The summed E-state index contributed by atoms with van der Waals surface area (Å²) in [6.45, 7) is 2.18. The van der Waals surface area contributed by atoms with E-state index in [0.29, 0.717) is 31.6 Å². The Hall–Kier alpha value is -3.49. The summed E-state index contributed by atoms with van der Waals surface area (Å²) in [5.74, 6) is -1.47. The second-order valence-corrected chi connectivity index (χ2v) is 7.79. The van der Waals surface area contributed by atoms with Crippen LogP contribution in [0, 0.1) is 11.6 Å². The number of rotatable bonds is 6. The molecule has 0 saturated carbocycles. The van der Waals surface area contributed by atoms with Gasteiger partial charge in [0.1, 0.15) is 17.7 Å². The molecule has 0 aliphatic carbocycles. The molecule has 0 bridgehead atoms. The lowest BCUT2D eigenvalue weighted by Crippen LogP contribution is -2.53. The quantitative estimate of drug-likeness (QED) is 0.640. The third-order valence-corrected chi connectivity index (χ3v) is 5.25. The number of carbonyl (C=O) groups excluding carboxylic acids is 3. The van der Waals surface area contributed by atoms with E-state index in [-0.39, 0.29) is 36.1 Å². The first kappa shape index (κ1) is 23.2. The van der Waals surface area contributed by atoms with Gasteiger partial charge in [0.15, 0.2) is 0 Å². The van der Waals surface area contributed by atoms with Crippen LogP contribution in [0.5, 0.6) is 0 Å². The maximum Gasteiger partial charge on any atom is 0.321 e. The van der Waals surface area contributed by atoms with Gasteiger partial charge in [0.25, 0.3) is 0 Å². The fraction of sp³-hybridized carbons (Fsp3) is 0.348. The molecular formula is C23H26F2N4O3. The van der Waals surface area contributed by atoms with E-state index in [0.717, 1.165) is 5.56 Å². The van der Waals surface area contributed by atoms with Gasteiger partial charge in [0.2, 0.25) is 11.8 Å². The number of likely N-dealkylation sites (tertiary alicyclic amines) is 1. The van der Waals surface area contributed by atoms with Crippen molar-refractivity contribution >= 4 is 23.5 Å². The Labute approximate surface area is 185 Å². The van der Waals surface area contributed by atoms with Crippen molar-refractivity contribution in [3.63, 3.8) is 0 Å². The molecule has 1 heterocycles. The third kappa shape index (κ3) is 6.76. The summed E-state index contributed by atoms with van der Waals surface area (Å²) in [4.78, 5) is 38.3. The molecule has 170 valence electrons. The molecule has 2 aromatic rings. The molecule has 1 fully saturated rings. The van der Waals surface area contributed by atoms with Crippen LogP contribution in [0.4, 0.5) is 19.3 Å². The number of halogens is 2. The number of urea groups is 1. The average Bonchev–Trinajstić information content (AvgIpc) is 2.75. The Morgan fingerprint density at radius 3 is 2.34 bits per heavy atom. The zero-order valence-electron chi connectivity index (χ0n) is 17.7. The number of nitrogens with one attached hydrogen (secondary N) is 3. The highest BCUT2D eigenvalue weighted by Crippen LogP contribution is 2.15. The molecule has 9 heteroatoms. The molecule has 0 aromatic heterocycles. The first-order valence-electron chi connectivity index (χ1n) is 10.4. The lowest BCUT2D eigenvalue weighted by atomic mass is 10.0. The number of benzene rings is 2. The minimum absolute atomic E-state index is 0.148. The predicted octanol–water partition coefficient (Wildman–Crippen LogP) is 2.82. The van der Waals surface area contributed by atoms with Crippen LogP contribution in [0.2, 0.25) is 0 Å². The van der Waals surface area contributed by atoms with Crippen LogP contribution < -0.4 is 16.0 Å². The average molecular weight is 444 g/mol. The van der Waals surface area contributed by atoms with Gasteiger partial charge in [-0.25, -0.2) is 13.6 Å². The van der Waals surface area contributed by atoms with Crippen LogP contribution in [-0.2, 0) is 16.0 Å². The SMILES string of the molecule is CC(=O)N[C@@H](Cc1ccc(F)cc1)C(=O)NC1CCN(C(=O)Nc2cccc(F)c2)CC1. The van der Waals surface area contributed by atoms with E-state index in [1.807, 2.05) is 0 Å². The van der Waals surface area contributed by atoms with Crippen molar-refractivity contribution in [3.05, 3.63) is 65.7 Å². The Kier molecular flexibility index (Phi) is 7.75. The Bertz CT molecular complexity index is 960. The van der Waals surface area contributed by atoms with Crippen LogP contribution in [0.3, 0.4) is 0 Å². The molecule has 0 spiro atoms. The standard InChI is InChI=1S/C23H26F2N4O3/c1-15(30)26-21(13-16-5-7-17(24)8-6-16)22(31)27-19-9-11-29(12-10-19)23(32)28-20-4-2-3-18(25)14-20/h2-8,14,19,21H,9-13H2,1H3,(H,26,30)(H,27,31)(H,28,32)/t21-/m0/s1. The highest BCUT2D eigenvalue weighted by molar-refractivity contribution is 5.89. The van der Waals surface area contributed by atoms with E-state index >= 15 is 0 Å². The maximum absolute atomic E-state index is 13.3. The molecule has 32 heavy (non-hydrogen) atoms. The number of hydrogen-bond acceptors (Lipinski definition) is 3. The van der Waals surface area contributed by atoms with Crippen molar-refractivity contribution in [1.29, 1.82) is 0 Å². The van der Waals surface area contributed by atoms with E-state index in [4.69, 9.17) is 0 Å². The smallest absolute Gasteiger partial charge is 0.321 e. The van der Waals surface area contributed by atoms with Crippen molar-refractivity contribution < 1.29 is 23.2 Å². The van der Waals surface area contributed by atoms with Crippen molar-refractivity contribution in [2.24, 2.45) is 0 Å². The molecule has 0 radical (unpaired) electrons. The summed E-state index contributed by atoms with van der Waals surface area (Å²) in [7, 11) is 0. The minimum atomic E-state index is -0.785. The van der Waals surface area contributed by atoms with Gasteiger partial charge >= 0.3 is 6.03 Å². The monoisotopic (exact) mass is 444 g/mol. The second-order valence-electron chi connectivity index (χ2n) is 7.79. The van der Waals surface area contributed by atoms with E-state index in [1.165, 1.54) is 37.3 Å². The fourth-order valence-corrected chi connectivity index (χ4v) is 3.61. The van der Waals surface area contributed by atoms with E-state index in [9.17, 15) is 23.2 Å². The van der Waals surface area contributed by atoms with Gasteiger partial charge in [-0.2, -0.15) is 0 Å². The van der Waals surface area contributed by atoms with Crippen LogP contribution in [-0.4, -0.2) is 47.9 Å². The number of carbonyl (C=O) groups is 3. The molecule has 7 nitrogen and oxygen atoms in total. The Morgan fingerprint density at radius 2 is 1.72 bits per heavy atom. The van der Waals surface area contributed by atoms with E-state index in [1.54, 1.807) is 23.1 Å². The van der Waals surface area contributed by atoms with Crippen molar-refractivity contribution in [2.75, 3.05) is 18.4 Å². The molecule has 1 atom stereocenters. The molecule has 1 aliphatic rings. The Balaban J connectivity index is 1.51. The summed E-state index contributed by atoms with van der Waals surface area (Å²) in [6, 6.07) is 10.2. The van der Waals surface area contributed by atoms with E-state index in [2.05, 4.69) is 16.0 Å². The van der Waals surface area contributed by atoms with Gasteiger partial charge in [-0.3, -0.25) is 9.59 Å². The molecule has 3 N–H and O–H groups in total. The summed E-state index contributed by atoms with van der Waals surface area (Å²) in [5, 5.41) is 8.24. The van der Waals surface area contributed by atoms with E-state index < -0.39 is 11.9 Å². The van der Waals surface area contributed by atoms with Gasteiger partial charge in [0, 0.05) is 38.2 Å². The first-order chi connectivity index (χ1) is 15.3. The van der Waals surface area contributed by atoms with Gasteiger partial charge < -0.3 is 20.9 Å². The number of nitrogens with zero attached hydrogens (tertiary/aromatic N) is 1. The summed E-state index contributed by atoms with van der Waals surface area (Å²) in [6.07, 6.45) is 1.33. The van der Waals surface area contributed by atoms with Crippen LogP contribution in [0.1, 0.15) is 25.3 Å². The minimum Gasteiger partial charge on any atom is -0.351 e. The topological polar surface area (TPSA) is 90.5 Å². The number of piperidine rings is 1. The normalized spacial score (nSPS) is 15.0. The van der Waals surface area contributed by atoms with Crippen LogP contribution in [0.25, 0.3) is 0 Å². The number of anilines is 1. The zero-order chi connectivity index (χ0) is 23.1. The maximum atomic E-state index is 13.3. The summed E-state index contributed by atoms with van der Waals surface area (Å²) >= 11 is 0. The van der Waals surface area contributed by atoms with Gasteiger partial charge in [-0.05, 0) is 48.7 Å². The highest BCUT2D eigenvalue weighted by atomic mass is 19.1. The molecule has 1 saturated heterocycles.